The van der Waals surface area contributed by atoms with Gasteiger partial charge in [-0.2, -0.15) is 0 Å². The number of ether oxygens (including phenoxy) is 3. The molecule has 0 saturated carbocycles. The van der Waals surface area contributed by atoms with Gasteiger partial charge < -0.3 is 19.3 Å². The number of methoxy groups -OCH3 is 2. The molecule has 0 amide bonds. The first-order valence-corrected chi connectivity index (χ1v) is 7.83. The summed E-state index contributed by atoms with van der Waals surface area (Å²) in [4.78, 5) is 0. The fraction of sp³-hybridized carbons (Fsp3) is 0.368. The topological polar surface area (TPSA) is 47.9 Å². The van der Waals surface area contributed by atoms with Crippen molar-refractivity contribution in [1.82, 2.24) is 0 Å². The minimum Gasteiger partial charge on any atom is -0.508 e. The van der Waals surface area contributed by atoms with Gasteiger partial charge in [-0.15, -0.1) is 0 Å². The molecule has 0 radical (unpaired) electrons. The van der Waals surface area contributed by atoms with Crippen LogP contribution in [0.1, 0.15) is 24.5 Å². The third-order valence-electron chi connectivity index (χ3n) is 3.75. The van der Waals surface area contributed by atoms with Gasteiger partial charge in [0, 0.05) is 12.1 Å². The Bertz CT molecular complexity index is 637. The lowest BCUT2D eigenvalue weighted by Gasteiger charge is -2.11. The molecule has 4 nitrogen and oxygen atoms in total. The molecule has 1 N–H and O–H groups in total. The minimum atomic E-state index is 0.289. The van der Waals surface area contributed by atoms with Crippen LogP contribution in [0.25, 0.3) is 0 Å². The van der Waals surface area contributed by atoms with Gasteiger partial charge in [0.2, 0.25) is 0 Å². The van der Waals surface area contributed by atoms with Crippen molar-refractivity contribution in [1.29, 1.82) is 0 Å². The Balaban J connectivity index is 1.97. The van der Waals surface area contributed by atoms with Gasteiger partial charge in [0.05, 0.1) is 20.8 Å². The van der Waals surface area contributed by atoms with Crippen molar-refractivity contribution >= 4 is 0 Å². The van der Waals surface area contributed by atoms with E-state index in [1.165, 1.54) is 0 Å². The van der Waals surface area contributed by atoms with Crippen LogP contribution in [0.3, 0.4) is 0 Å². The van der Waals surface area contributed by atoms with Crippen molar-refractivity contribution in [2.45, 2.75) is 26.2 Å². The Morgan fingerprint density at radius 1 is 0.870 bits per heavy atom. The van der Waals surface area contributed by atoms with E-state index in [-0.39, 0.29) is 5.75 Å². The van der Waals surface area contributed by atoms with Crippen molar-refractivity contribution in [2.24, 2.45) is 0 Å². The van der Waals surface area contributed by atoms with Gasteiger partial charge in [0.1, 0.15) is 23.0 Å². The van der Waals surface area contributed by atoms with Gasteiger partial charge >= 0.3 is 0 Å². The normalized spacial score (nSPS) is 10.4. The van der Waals surface area contributed by atoms with E-state index >= 15 is 0 Å². The van der Waals surface area contributed by atoms with E-state index < -0.39 is 0 Å². The molecule has 0 heterocycles. The van der Waals surface area contributed by atoms with E-state index in [0.717, 1.165) is 41.9 Å². The number of phenolic OH excluding ortho intramolecular Hbond substituents is 1. The first kappa shape index (κ1) is 17.0. The molecule has 0 bridgehead atoms. The van der Waals surface area contributed by atoms with Crippen LogP contribution in [0.5, 0.6) is 23.0 Å². The van der Waals surface area contributed by atoms with Crippen LogP contribution in [0.15, 0.2) is 36.4 Å². The van der Waals surface area contributed by atoms with E-state index in [2.05, 4.69) is 0 Å². The summed E-state index contributed by atoms with van der Waals surface area (Å²) in [6, 6.07) is 11.3. The molecule has 0 spiro atoms. The van der Waals surface area contributed by atoms with Gasteiger partial charge in [-0.1, -0.05) is 12.1 Å². The molecule has 124 valence electrons. The SMILES string of the molecule is CCOc1ccc(CCCc2ccc(OC)cc2OC)c(O)c1. The zero-order valence-corrected chi connectivity index (χ0v) is 14.0. The molecule has 23 heavy (non-hydrogen) atoms. The number of hydrogen-bond acceptors (Lipinski definition) is 4. The Kier molecular flexibility index (Phi) is 6.15. The monoisotopic (exact) mass is 316 g/mol. The molecule has 0 aliphatic heterocycles. The average molecular weight is 316 g/mol. The lowest BCUT2D eigenvalue weighted by Crippen LogP contribution is -1.96. The summed E-state index contributed by atoms with van der Waals surface area (Å²) in [6.45, 7) is 2.52. The maximum Gasteiger partial charge on any atom is 0.125 e. The van der Waals surface area contributed by atoms with Crippen molar-refractivity contribution in [3.8, 4) is 23.0 Å². The van der Waals surface area contributed by atoms with Crippen LogP contribution >= 0.6 is 0 Å². The highest BCUT2D eigenvalue weighted by Crippen LogP contribution is 2.28. The first-order chi connectivity index (χ1) is 11.2. The Morgan fingerprint density at radius 2 is 1.57 bits per heavy atom. The van der Waals surface area contributed by atoms with Gasteiger partial charge in [-0.05, 0) is 49.4 Å². The summed E-state index contributed by atoms with van der Waals surface area (Å²) in [5, 5.41) is 10.1. The average Bonchev–Trinajstić information content (AvgIpc) is 2.57. The van der Waals surface area contributed by atoms with Crippen LogP contribution in [0.2, 0.25) is 0 Å². The number of aromatic hydroxyl groups is 1. The highest BCUT2D eigenvalue weighted by atomic mass is 16.5. The van der Waals surface area contributed by atoms with Gasteiger partial charge in [0.15, 0.2) is 0 Å². The van der Waals surface area contributed by atoms with Crippen LogP contribution < -0.4 is 14.2 Å². The second-order valence-electron chi connectivity index (χ2n) is 5.25. The highest BCUT2D eigenvalue weighted by Gasteiger charge is 2.07. The number of hydrogen-bond donors (Lipinski definition) is 1. The molecular weight excluding hydrogens is 292 g/mol. The lowest BCUT2D eigenvalue weighted by molar-refractivity contribution is 0.337. The fourth-order valence-electron chi connectivity index (χ4n) is 2.54. The molecule has 0 fully saturated rings. The molecule has 0 atom stereocenters. The van der Waals surface area contributed by atoms with Gasteiger partial charge in [0.25, 0.3) is 0 Å². The minimum absolute atomic E-state index is 0.289. The van der Waals surface area contributed by atoms with Crippen LogP contribution in [-0.2, 0) is 12.8 Å². The third kappa shape index (κ3) is 4.55. The molecule has 2 aromatic carbocycles. The smallest absolute Gasteiger partial charge is 0.125 e. The van der Waals surface area contributed by atoms with Crippen molar-refractivity contribution in [3.63, 3.8) is 0 Å². The lowest BCUT2D eigenvalue weighted by atomic mass is 10.0. The molecule has 0 aliphatic rings. The van der Waals surface area contributed by atoms with Gasteiger partial charge in [-0.25, -0.2) is 0 Å². The summed E-state index contributed by atoms with van der Waals surface area (Å²) in [6.07, 6.45) is 2.59. The second kappa shape index (κ2) is 8.32. The molecule has 4 heteroatoms. The van der Waals surface area contributed by atoms with E-state index in [9.17, 15) is 5.11 Å². The van der Waals surface area contributed by atoms with Crippen LogP contribution in [0, 0.1) is 0 Å². The number of phenols is 1. The quantitative estimate of drug-likeness (QED) is 0.800. The van der Waals surface area contributed by atoms with Crippen molar-refractivity contribution < 1.29 is 19.3 Å². The predicted molar refractivity (Wildman–Crippen MR) is 90.8 cm³/mol. The Morgan fingerprint density at radius 3 is 2.22 bits per heavy atom. The standard InChI is InChI=1S/C19H24O4/c1-4-23-17-11-8-14(18(20)12-17)6-5-7-15-9-10-16(21-2)13-19(15)22-3/h8-13,20H,4-7H2,1-3H3. The maximum absolute atomic E-state index is 10.1. The molecule has 0 saturated heterocycles. The Labute approximate surface area is 137 Å². The summed E-state index contributed by atoms with van der Waals surface area (Å²) < 4.78 is 16.0. The summed E-state index contributed by atoms with van der Waals surface area (Å²) in [7, 11) is 3.31. The summed E-state index contributed by atoms with van der Waals surface area (Å²) >= 11 is 0. The Hall–Kier alpha value is -2.36. The zero-order valence-electron chi connectivity index (χ0n) is 14.0. The third-order valence-corrected chi connectivity index (χ3v) is 3.75. The van der Waals surface area contributed by atoms with Gasteiger partial charge in [-0.3, -0.25) is 0 Å². The number of rotatable bonds is 8. The largest absolute Gasteiger partial charge is 0.508 e. The highest BCUT2D eigenvalue weighted by molar-refractivity contribution is 5.42. The van der Waals surface area contributed by atoms with Crippen molar-refractivity contribution in [3.05, 3.63) is 47.5 Å². The molecule has 2 rings (SSSR count). The predicted octanol–water partition coefficient (Wildman–Crippen LogP) is 3.98. The van der Waals surface area contributed by atoms with Crippen LogP contribution in [0.4, 0.5) is 0 Å². The second-order valence-corrected chi connectivity index (χ2v) is 5.25. The molecule has 0 unspecified atom stereocenters. The molecule has 2 aromatic rings. The first-order valence-electron chi connectivity index (χ1n) is 7.83. The molecule has 0 aliphatic carbocycles. The van der Waals surface area contributed by atoms with E-state index in [4.69, 9.17) is 14.2 Å². The summed E-state index contributed by atoms with van der Waals surface area (Å²) in [5.74, 6) is 2.61. The van der Waals surface area contributed by atoms with E-state index in [0.29, 0.717) is 12.4 Å². The zero-order chi connectivity index (χ0) is 16.7. The molecule has 0 aromatic heterocycles. The van der Waals surface area contributed by atoms with Crippen molar-refractivity contribution in [2.75, 3.05) is 20.8 Å². The number of aryl methyl sites for hydroxylation is 2. The van der Waals surface area contributed by atoms with E-state index in [1.54, 1.807) is 20.3 Å². The van der Waals surface area contributed by atoms with E-state index in [1.807, 2.05) is 37.3 Å². The van der Waals surface area contributed by atoms with Crippen LogP contribution in [-0.4, -0.2) is 25.9 Å². The maximum atomic E-state index is 10.1. The fourth-order valence-corrected chi connectivity index (χ4v) is 2.54. The molecular formula is C19H24O4. The number of benzene rings is 2. The summed E-state index contributed by atoms with van der Waals surface area (Å²) in [5.41, 5.74) is 2.07.